The van der Waals surface area contributed by atoms with Gasteiger partial charge in [-0.1, -0.05) is 12.1 Å². The van der Waals surface area contributed by atoms with Gasteiger partial charge in [0.1, 0.15) is 11.5 Å². The van der Waals surface area contributed by atoms with Crippen molar-refractivity contribution in [1.29, 1.82) is 0 Å². The Morgan fingerprint density at radius 2 is 2.09 bits per heavy atom. The van der Waals surface area contributed by atoms with Gasteiger partial charge in [-0.2, -0.15) is 0 Å². The van der Waals surface area contributed by atoms with Crippen LogP contribution < -0.4 is 9.64 Å². The second-order valence-corrected chi connectivity index (χ2v) is 7.15. The van der Waals surface area contributed by atoms with E-state index >= 15 is 0 Å². The molecule has 0 saturated heterocycles. The number of methoxy groups -OCH3 is 1. The number of ether oxygens (including phenoxy) is 1. The van der Waals surface area contributed by atoms with E-state index in [2.05, 4.69) is 25.7 Å². The molecule has 1 unspecified atom stereocenters. The van der Waals surface area contributed by atoms with Gasteiger partial charge in [0, 0.05) is 46.4 Å². The molecule has 4 heteroatoms. The average molecular weight is 320 g/mol. The van der Waals surface area contributed by atoms with E-state index in [4.69, 9.17) is 16.3 Å². The second kappa shape index (κ2) is 5.24. The molecule has 0 saturated carbocycles. The predicted octanol–water partition coefficient (Wildman–Crippen LogP) is 4.49. The summed E-state index contributed by atoms with van der Waals surface area (Å²) in [6.07, 6.45) is 0. The van der Waals surface area contributed by atoms with E-state index < -0.39 is 0 Å². The Morgan fingerprint density at radius 3 is 2.68 bits per heavy atom. The number of phenols is 1. The number of nitrogens with zero attached hydrogens (tertiary/aromatic N) is 1. The lowest BCUT2D eigenvalue weighted by molar-refractivity contribution is 0.419. The normalized spacial score (nSPS) is 17.9. The lowest BCUT2D eigenvalue weighted by Gasteiger charge is -2.35. The van der Waals surface area contributed by atoms with Crippen LogP contribution in [0.5, 0.6) is 11.5 Å². The summed E-state index contributed by atoms with van der Waals surface area (Å²) < 4.78 is 5.55. The highest BCUT2D eigenvalue weighted by molar-refractivity contribution is 6.19. The topological polar surface area (TPSA) is 32.7 Å². The first-order chi connectivity index (χ1) is 10.4. The molecule has 0 bridgehead atoms. The number of phenolic OH excluding ortho intramolecular Hbond substituents is 1. The van der Waals surface area contributed by atoms with E-state index in [1.165, 1.54) is 5.56 Å². The molecule has 1 aliphatic rings. The van der Waals surface area contributed by atoms with Gasteiger partial charge in [0.15, 0.2) is 0 Å². The summed E-state index contributed by atoms with van der Waals surface area (Å²) in [6.45, 7) is 7.39. The first-order valence-corrected chi connectivity index (χ1v) is 8.08. The minimum absolute atomic E-state index is 0.0301. The van der Waals surface area contributed by atoms with Gasteiger partial charge in [0.25, 0.3) is 0 Å². The third-order valence-electron chi connectivity index (χ3n) is 4.44. The summed E-state index contributed by atoms with van der Waals surface area (Å²) in [7, 11) is 1.66. The number of fused-ring (bicyclic) bond motifs is 3. The van der Waals surface area contributed by atoms with Gasteiger partial charge < -0.3 is 14.7 Å². The number of alkyl halides is 1. The number of anilines is 1. The van der Waals surface area contributed by atoms with Crippen LogP contribution >= 0.6 is 11.6 Å². The fourth-order valence-corrected chi connectivity index (χ4v) is 3.67. The van der Waals surface area contributed by atoms with Crippen molar-refractivity contribution in [1.82, 2.24) is 0 Å². The van der Waals surface area contributed by atoms with E-state index in [0.717, 1.165) is 28.8 Å². The monoisotopic (exact) mass is 319 g/mol. The Hall–Kier alpha value is -1.61. The molecule has 1 aliphatic heterocycles. The molecule has 1 heterocycles. The van der Waals surface area contributed by atoms with Crippen LogP contribution in [0.25, 0.3) is 10.8 Å². The highest BCUT2D eigenvalue weighted by Gasteiger charge is 2.37. The molecule has 2 aromatic carbocycles. The van der Waals surface area contributed by atoms with Crippen molar-refractivity contribution >= 4 is 28.1 Å². The zero-order valence-corrected chi connectivity index (χ0v) is 14.2. The smallest absolute Gasteiger partial charge is 0.127 e. The van der Waals surface area contributed by atoms with Crippen molar-refractivity contribution in [2.24, 2.45) is 0 Å². The van der Waals surface area contributed by atoms with Crippen LogP contribution in [0, 0.1) is 0 Å². The number of rotatable bonds is 2. The highest BCUT2D eigenvalue weighted by Crippen LogP contribution is 2.49. The SMILES string of the molecule is COc1cccc2c(O)cc3c(c12)C(CCl)CN3C(C)(C)C. The maximum atomic E-state index is 10.5. The molecule has 3 nitrogen and oxygen atoms in total. The van der Waals surface area contributed by atoms with Crippen LogP contribution in [-0.2, 0) is 0 Å². The van der Waals surface area contributed by atoms with E-state index in [-0.39, 0.29) is 17.2 Å². The van der Waals surface area contributed by atoms with Crippen molar-refractivity contribution in [2.75, 3.05) is 24.4 Å². The fraction of sp³-hybridized carbons (Fsp3) is 0.444. The summed E-state index contributed by atoms with van der Waals surface area (Å²) in [5, 5.41) is 12.3. The third kappa shape index (κ3) is 2.19. The van der Waals surface area contributed by atoms with Crippen molar-refractivity contribution < 1.29 is 9.84 Å². The lowest BCUT2D eigenvalue weighted by Crippen LogP contribution is -2.40. The number of hydrogen-bond acceptors (Lipinski definition) is 3. The van der Waals surface area contributed by atoms with Crippen molar-refractivity contribution in [3.63, 3.8) is 0 Å². The van der Waals surface area contributed by atoms with Crippen LogP contribution in [0.15, 0.2) is 24.3 Å². The van der Waals surface area contributed by atoms with Crippen molar-refractivity contribution in [2.45, 2.75) is 32.2 Å². The summed E-state index contributed by atoms with van der Waals surface area (Å²) in [5.74, 6) is 1.86. The maximum absolute atomic E-state index is 10.5. The zero-order valence-electron chi connectivity index (χ0n) is 13.5. The van der Waals surface area contributed by atoms with E-state index in [1.54, 1.807) is 7.11 Å². The van der Waals surface area contributed by atoms with E-state index in [9.17, 15) is 5.11 Å². The van der Waals surface area contributed by atoms with Gasteiger partial charge in [-0.3, -0.25) is 0 Å². The highest BCUT2D eigenvalue weighted by atomic mass is 35.5. The molecule has 2 aromatic rings. The molecule has 22 heavy (non-hydrogen) atoms. The third-order valence-corrected chi connectivity index (χ3v) is 4.81. The fourth-order valence-electron chi connectivity index (χ4n) is 3.41. The summed E-state index contributed by atoms with van der Waals surface area (Å²) in [6, 6.07) is 7.64. The molecule has 1 atom stereocenters. The molecule has 0 spiro atoms. The molecule has 1 N–H and O–H groups in total. The van der Waals surface area contributed by atoms with Gasteiger partial charge in [0.05, 0.1) is 7.11 Å². The summed E-state index contributed by atoms with van der Waals surface area (Å²) in [5.41, 5.74) is 2.22. The molecular weight excluding hydrogens is 298 g/mol. The van der Waals surface area contributed by atoms with E-state index in [0.29, 0.717) is 5.88 Å². The van der Waals surface area contributed by atoms with Gasteiger partial charge in [-0.05, 0) is 32.4 Å². The van der Waals surface area contributed by atoms with Crippen LogP contribution in [0.4, 0.5) is 5.69 Å². The Balaban J connectivity index is 2.38. The van der Waals surface area contributed by atoms with Crippen LogP contribution in [0.2, 0.25) is 0 Å². The van der Waals surface area contributed by atoms with E-state index in [1.807, 2.05) is 24.3 Å². The molecule has 0 radical (unpaired) electrons. The van der Waals surface area contributed by atoms with Crippen LogP contribution in [-0.4, -0.2) is 30.2 Å². The number of halogens is 1. The van der Waals surface area contributed by atoms with Gasteiger partial charge in [-0.25, -0.2) is 0 Å². The number of aromatic hydroxyl groups is 1. The molecule has 3 rings (SSSR count). The molecule has 0 aromatic heterocycles. The predicted molar refractivity (Wildman–Crippen MR) is 92.7 cm³/mol. The average Bonchev–Trinajstić information content (AvgIpc) is 2.85. The Labute approximate surface area is 136 Å². The molecule has 0 amide bonds. The maximum Gasteiger partial charge on any atom is 0.127 e. The van der Waals surface area contributed by atoms with Crippen LogP contribution in [0.1, 0.15) is 32.3 Å². The molecule has 118 valence electrons. The minimum Gasteiger partial charge on any atom is -0.507 e. The largest absolute Gasteiger partial charge is 0.507 e. The van der Waals surface area contributed by atoms with Gasteiger partial charge in [0.2, 0.25) is 0 Å². The number of benzene rings is 2. The summed E-state index contributed by atoms with van der Waals surface area (Å²) >= 11 is 6.26. The lowest BCUT2D eigenvalue weighted by atomic mass is 9.94. The quantitative estimate of drug-likeness (QED) is 0.827. The van der Waals surface area contributed by atoms with Crippen LogP contribution in [0.3, 0.4) is 0 Å². The van der Waals surface area contributed by atoms with Crippen molar-refractivity contribution in [3.8, 4) is 11.5 Å². The first kappa shape index (κ1) is 15.3. The standard InChI is InChI=1S/C18H22ClNO2/c1-18(2,3)20-10-11(9-19)16-13(20)8-14(21)12-6-5-7-15(22-4)17(12)16/h5-8,11,21H,9-10H2,1-4H3. The molecular formula is C18H22ClNO2. The Bertz CT molecular complexity index is 721. The zero-order chi connectivity index (χ0) is 16.1. The molecule has 0 fully saturated rings. The van der Waals surface area contributed by atoms with Gasteiger partial charge >= 0.3 is 0 Å². The first-order valence-electron chi connectivity index (χ1n) is 7.54. The minimum atomic E-state index is -0.0301. The number of hydrogen-bond donors (Lipinski definition) is 1. The second-order valence-electron chi connectivity index (χ2n) is 6.84. The Kier molecular flexibility index (Phi) is 3.64. The van der Waals surface area contributed by atoms with Gasteiger partial charge in [-0.15, -0.1) is 11.6 Å². The van der Waals surface area contributed by atoms with Crippen molar-refractivity contribution in [3.05, 3.63) is 29.8 Å². The molecule has 0 aliphatic carbocycles. The summed E-state index contributed by atoms with van der Waals surface area (Å²) in [4.78, 5) is 2.32. The Morgan fingerprint density at radius 1 is 1.36 bits per heavy atom.